The zero-order valence-electron chi connectivity index (χ0n) is 19.5. The summed E-state index contributed by atoms with van der Waals surface area (Å²) in [5, 5.41) is 17.2. The highest BCUT2D eigenvalue weighted by Gasteiger charge is 2.27. The molecule has 184 valence electrons. The van der Waals surface area contributed by atoms with Crippen LogP contribution in [0.5, 0.6) is 0 Å². The predicted molar refractivity (Wildman–Crippen MR) is 132 cm³/mol. The number of nitrogens with zero attached hydrogens (tertiary/aromatic N) is 5. The lowest BCUT2D eigenvalue weighted by Crippen LogP contribution is -2.49. The van der Waals surface area contributed by atoms with Crippen molar-refractivity contribution in [3.8, 4) is 6.19 Å². The van der Waals surface area contributed by atoms with Crippen molar-refractivity contribution in [1.82, 2.24) is 30.7 Å². The fraction of sp³-hybridized carbons (Fsp3) is 0.364. The number of aromatic nitrogens is 1. The predicted octanol–water partition coefficient (Wildman–Crippen LogP) is 0.828. The van der Waals surface area contributed by atoms with Crippen LogP contribution in [0.15, 0.2) is 29.3 Å². The van der Waals surface area contributed by atoms with Gasteiger partial charge in [0, 0.05) is 49.1 Å². The van der Waals surface area contributed by atoms with E-state index in [0.29, 0.717) is 10.6 Å². The van der Waals surface area contributed by atoms with Crippen LogP contribution < -0.4 is 16.0 Å². The molecule has 0 saturated carbocycles. The van der Waals surface area contributed by atoms with Crippen molar-refractivity contribution in [2.45, 2.75) is 19.0 Å². The minimum Gasteiger partial charge on any atom is -0.347 e. The van der Waals surface area contributed by atoms with Crippen LogP contribution in [0.25, 0.3) is 0 Å². The van der Waals surface area contributed by atoms with Crippen molar-refractivity contribution in [3.05, 3.63) is 50.4 Å². The first-order valence-corrected chi connectivity index (χ1v) is 11.8. The molecule has 0 bridgehead atoms. The van der Waals surface area contributed by atoms with Gasteiger partial charge in [0.2, 0.25) is 11.9 Å². The maximum atomic E-state index is 12.9. The van der Waals surface area contributed by atoms with Crippen LogP contribution in [0.4, 0.5) is 0 Å². The van der Waals surface area contributed by atoms with Crippen molar-refractivity contribution in [2.24, 2.45) is 4.99 Å². The second kappa shape index (κ2) is 11.7. The topological polar surface area (TPSA) is 143 Å². The Bertz CT molecular complexity index is 1170. The number of nitriles is 1. The van der Waals surface area contributed by atoms with Gasteiger partial charge in [0.15, 0.2) is 11.2 Å². The summed E-state index contributed by atoms with van der Waals surface area (Å²) in [5.41, 5.74) is 1.20. The van der Waals surface area contributed by atoms with E-state index < -0.39 is 23.8 Å². The van der Waals surface area contributed by atoms with Crippen molar-refractivity contribution < 1.29 is 14.4 Å². The van der Waals surface area contributed by atoms with E-state index in [9.17, 15) is 14.4 Å². The highest BCUT2D eigenvalue weighted by molar-refractivity contribution is 7.13. The number of hydrogen-bond donors (Lipinski definition) is 3. The minimum atomic E-state index is -1.04. The number of fused-ring (bicyclic) bond motifs is 1. The number of rotatable bonds is 6. The summed E-state index contributed by atoms with van der Waals surface area (Å²) in [6.45, 7) is 1.37. The minimum absolute atomic E-state index is 0.161. The number of thiazole rings is 1. The third-order valence-corrected chi connectivity index (χ3v) is 6.44. The van der Waals surface area contributed by atoms with Gasteiger partial charge in [-0.2, -0.15) is 5.26 Å². The standard InChI is InChI=1S/C22H25ClN8O3S/c1-30(2)21(34)16(27-19(33)20-28-15-8-9-31(3)11-17(15)35-20)10-25-22(26-12-24)29-18(32)13-4-6-14(23)7-5-13/h4-7,16H,8-11H2,1-3H3,(H,27,33)(H2,25,26,29,32). The molecule has 0 saturated heterocycles. The van der Waals surface area contributed by atoms with Crippen LogP contribution in [0.2, 0.25) is 5.02 Å². The number of carbonyl (C=O) groups excluding carboxylic acids is 3. The van der Waals surface area contributed by atoms with Crippen molar-refractivity contribution in [1.29, 1.82) is 5.26 Å². The summed E-state index contributed by atoms with van der Waals surface area (Å²) in [5.74, 6) is -1.57. The lowest BCUT2D eigenvalue weighted by molar-refractivity contribution is -0.130. The number of carbonyl (C=O) groups is 3. The zero-order valence-corrected chi connectivity index (χ0v) is 21.0. The quantitative estimate of drug-likeness (QED) is 0.223. The molecular formula is C22H25ClN8O3S. The molecule has 35 heavy (non-hydrogen) atoms. The Hall–Kier alpha value is -3.53. The largest absolute Gasteiger partial charge is 0.347 e. The second-order valence-electron chi connectivity index (χ2n) is 8.02. The Morgan fingerprint density at radius 1 is 1.29 bits per heavy atom. The molecule has 0 spiro atoms. The molecule has 1 atom stereocenters. The van der Waals surface area contributed by atoms with Gasteiger partial charge in [-0.3, -0.25) is 25.0 Å². The van der Waals surface area contributed by atoms with Gasteiger partial charge in [0.05, 0.1) is 12.2 Å². The fourth-order valence-electron chi connectivity index (χ4n) is 3.26. The third kappa shape index (κ3) is 6.98. The van der Waals surface area contributed by atoms with E-state index in [4.69, 9.17) is 16.9 Å². The molecule has 11 nitrogen and oxygen atoms in total. The summed E-state index contributed by atoms with van der Waals surface area (Å²) in [4.78, 5) is 51.2. The van der Waals surface area contributed by atoms with Crippen LogP contribution in [0, 0.1) is 11.5 Å². The van der Waals surface area contributed by atoms with Crippen molar-refractivity contribution >= 4 is 46.6 Å². The molecule has 1 unspecified atom stereocenters. The molecule has 0 aliphatic carbocycles. The van der Waals surface area contributed by atoms with E-state index in [0.717, 1.165) is 30.1 Å². The normalized spacial score (nSPS) is 14.3. The third-order valence-electron chi connectivity index (χ3n) is 5.11. The van der Waals surface area contributed by atoms with Crippen LogP contribution in [0.1, 0.15) is 30.7 Å². The van der Waals surface area contributed by atoms with E-state index in [1.54, 1.807) is 32.4 Å². The summed E-state index contributed by atoms with van der Waals surface area (Å²) in [6, 6.07) is 5.11. The Morgan fingerprint density at radius 3 is 2.66 bits per heavy atom. The van der Waals surface area contributed by atoms with Gasteiger partial charge in [-0.25, -0.2) is 9.98 Å². The highest BCUT2D eigenvalue weighted by Crippen LogP contribution is 2.24. The summed E-state index contributed by atoms with van der Waals surface area (Å²) in [7, 11) is 5.12. The number of guanidine groups is 1. The van der Waals surface area contributed by atoms with Gasteiger partial charge in [0.1, 0.15) is 6.04 Å². The van der Waals surface area contributed by atoms with Crippen molar-refractivity contribution in [2.75, 3.05) is 34.2 Å². The van der Waals surface area contributed by atoms with Gasteiger partial charge < -0.3 is 15.1 Å². The molecule has 0 fully saturated rings. The number of amides is 3. The Morgan fingerprint density at radius 2 is 2.00 bits per heavy atom. The molecule has 3 rings (SSSR count). The maximum absolute atomic E-state index is 12.9. The molecule has 3 amide bonds. The Kier molecular flexibility index (Phi) is 8.75. The van der Waals surface area contributed by atoms with Gasteiger partial charge in [-0.1, -0.05) is 11.6 Å². The van der Waals surface area contributed by atoms with Crippen LogP contribution >= 0.6 is 22.9 Å². The van der Waals surface area contributed by atoms with E-state index in [2.05, 4.69) is 30.8 Å². The lowest BCUT2D eigenvalue weighted by Gasteiger charge is -2.20. The molecule has 2 aromatic rings. The summed E-state index contributed by atoms with van der Waals surface area (Å²) >= 11 is 7.15. The molecule has 1 aliphatic rings. The van der Waals surface area contributed by atoms with Gasteiger partial charge >= 0.3 is 0 Å². The first-order chi connectivity index (χ1) is 16.7. The van der Waals surface area contributed by atoms with Gasteiger partial charge in [-0.05, 0) is 31.3 Å². The SMILES string of the molecule is CN1CCc2nc(C(=O)NC(CN=C(NC#N)NC(=O)c3ccc(Cl)cc3)C(=O)N(C)C)sc2C1. The smallest absolute Gasteiger partial charge is 0.280 e. The van der Waals surface area contributed by atoms with Crippen LogP contribution in [-0.4, -0.2) is 78.7 Å². The van der Waals surface area contributed by atoms with Gasteiger partial charge in [0.25, 0.3) is 11.8 Å². The number of aliphatic imine (C=N–C) groups is 1. The first kappa shape index (κ1) is 26.1. The maximum Gasteiger partial charge on any atom is 0.280 e. The molecular weight excluding hydrogens is 492 g/mol. The number of benzene rings is 1. The van der Waals surface area contributed by atoms with Crippen LogP contribution in [-0.2, 0) is 17.8 Å². The number of halogens is 1. The van der Waals surface area contributed by atoms with E-state index >= 15 is 0 Å². The van der Waals surface area contributed by atoms with Crippen LogP contribution in [0.3, 0.4) is 0 Å². The number of hydrogen-bond acceptors (Lipinski definition) is 8. The lowest BCUT2D eigenvalue weighted by atomic mass is 10.2. The zero-order chi connectivity index (χ0) is 25.5. The Labute approximate surface area is 211 Å². The molecule has 1 aliphatic heterocycles. The highest BCUT2D eigenvalue weighted by atomic mass is 35.5. The van der Waals surface area contributed by atoms with Crippen molar-refractivity contribution in [3.63, 3.8) is 0 Å². The number of nitrogens with one attached hydrogen (secondary N) is 3. The average molecular weight is 517 g/mol. The Balaban J connectivity index is 1.74. The molecule has 1 aromatic heterocycles. The molecule has 1 aromatic carbocycles. The second-order valence-corrected chi connectivity index (χ2v) is 9.54. The molecule has 2 heterocycles. The van der Waals surface area contributed by atoms with E-state index in [-0.39, 0.29) is 17.5 Å². The summed E-state index contributed by atoms with van der Waals surface area (Å²) < 4.78 is 0. The fourth-order valence-corrected chi connectivity index (χ4v) is 4.48. The molecule has 13 heteroatoms. The summed E-state index contributed by atoms with van der Waals surface area (Å²) in [6.07, 6.45) is 2.46. The monoisotopic (exact) mass is 516 g/mol. The number of likely N-dealkylation sites (N-methyl/N-ethyl adjacent to an activating group) is 2. The molecule has 0 radical (unpaired) electrons. The van der Waals surface area contributed by atoms with Gasteiger partial charge in [-0.15, -0.1) is 11.3 Å². The molecule has 3 N–H and O–H groups in total. The van der Waals surface area contributed by atoms with E-state index in [1.807, 2.05) is 7.05 Å². The first-order valence-electron chi connectivity index (χ1n) is 10.6. The average Bonchev–Trinajstić information content (AvgIpc) is 3.24. The van der Waals surface area contributed by atoms with E-state index in [1.165, 1.54) is 28.4 Å².